The second kappa shape index (κ2) is 9.97. The Bertz CT molecular complexity index is 925. The fraction of sp³-hybridized carbons (Fsp3) is 0.871. The lowest BCUT2D eigenvalue weighted by molar-refractivity contribution is -0.240. The zero-order valence-electron chi connectivity index (χ0n) is 24.0. The Morgan fingerprint density at radius 2 is 1.70 bits per heavy atom. The Morgan fingerprint density at radius 3 is 2.30 bits per heavy atom. The van der Waals surface area contributed by atoms with Crippen LogP contribution in [0.5, 0.6) is 0 Å². The molecule has 0 aromatic heterocycles. The molecule has 6 heteroatoms. The molecule has 12 atom stereocenters. The number of hydrogen-bond donors (Lipinski definition) is 3. The Kier molecular flexibility index (Phi) is 7.71. The van der Waals surface area contributed by atoms with Crippen molar-refractivity contribution >= 4 is 11.9 Å². The zero-order chi connectivity index (χ0) is 27.5. The van der Waals surface area contributed by atoms with Crippen molar-refractivity contribution in [3.8, 4) is 0 Å². The van der Waals surface area contributed by atoms with E-state index in [4.69, 9.17) is 4.74 Å². The first-order chi connectivity index (χ1) is 17.2. The molecule has 4 rings (SSSR count). The predicted molar refractivity (Wildman–Crippen MR) is 143 cm³/mol. The largest absolute Gasteiger partial charge is 0.481 e. The highest BCUT2D eigenvalue weighted by Gasteiger charge is 2.72. The normalized spacial score (nSPS) is 47.7. The SMILES string of the molecule is CCC(=O)O[C@H]1C[C@@]2(C)C(C[C@@H](O)C3[C@@]4(C)CC[C@@H](O)[C@@H](C)C4CC[C@@]32C)[C@H]1[C@@H](CC=C(C)C)C(=O)O. The van der Waals surface area contributed by atoms with Gasteiger partial charge in [-0.15, -0.1) is 0 Å². The number of esters is 1. The van der Waals surface area contributed by atoms with Crippen molar-refractivity contribution in [2.24, 2.45) is 51.8 Å². The number of carbonyl (C=O) groups excluding carboxylic acids is 1. The molecule has 0 aromatic rings. The molecular formula is C31H50O6. The van der Waals surface area contributed by atoms with E-state index < -0.39 is 24.1 Å². The van der Waals surface area contributed by atoms with Crippen LogP contribution in [0.4, 0.5) is 0 Å². The van der Waals surface area contributed by atoms with Crippen molar-refractivity contribution in [3.63, 3.8) is 0 Å². The summed E-state index contributed by atoms with van der Waals surface area (Å²) < 4.78 is 6.05. The standard InChI is InChI=1S/C31H50O6/c1-8-25(34)37-24-16-31(7)21(26(24)19(28(35)36)10-9-17(2)3)15-23(33)27-29(5)13-12-22(32)18(4)20(29)11-14-30(27,31)6/h9,18-24,26-27,32-33H,8,10-16H2,1-7H3,(H,35,36)/t18-,19+,20?,21?,22+,23+,24-,26+,27?,29-,30-,31-/m0/s1. The number of allylic oxidation sites excluding steroid dienone is 2. The molecule has 4 aliphatic carbocycles. The second-order valence-electron chi connectivity index (χ2n) is 14.0. The van der Waals surface area contributed by atoms with Crippen molar-refractivity contribution in [1.82, 2.24) is 0 Å². The average Bonchev–Trinajstić information content (AvgIpc) is 3.08. The maximum atomic E-state index is 12.7. The molecule has 0 spiro atoms. The molecule has 0 aromatic carbocycles. The fourth-order valence-electron chi connectivity index (χ4n) is 10.2. The van der Waals surface area contributed by atoms with Gasteiger partial charge in [0.2, 0.25) is 0 Å². The molecule has 0 heterocycles. The van der Waals surface area contributed by atoms with E-state index in [0.717, 1.165) is 31.3 Å². The summed E-state index contributed by atoms with van der Waals surface area (Å²) in [5, 5.41) is 33.0. The van der Waals surface area contributed by atoms with Gasteiger partial charge in [0.05, 0.1) is 18.1 Å². The number of rotatable bonds is 6. The molecule has 3 N–H and O–H groups in total. The van der Waals surface area contributed by atoms with Gasteiger partial charge in [0.1, 0.15) is 6.10 Å². The molecule has 0 bridgehead atoms. The summed E-state index contributed by atoms with van der Waals surface area (Å²) in [7, 11) is 0. The van der Waals surface area contributed by atoms with Gasteiger partial charge in [-0.1, -0.05) is 46.3 Å². The molecule has 4 aliphatic rings. The average molecular weight is 519 g/mol. The number of aliphatic hydroxyl groups excluding tert-OH is 2. The van der Waals surface area contributed by atoms with Crippen LogP contribution in [0, 0.1) is 51.8 Å². The van der Waals surface area contributed by atoms with Crippen LogP contribution < -0.4 is 0 Å². The van der Waals surface area contributed by atoms with E-state index in [0.29, 0.717) is 25.2 Å². The molecule has 0 radical (unpaired) electrons. The first-order valence-electron chi connectivity index (χ1n) is 14.6. The topological polar surface area (TPSA) is 104 Å². The summed E-state index contributed by atoms with van der Waals surface area (Å²) in [6.45, 7) is 14.9. The lowest BCUT2D eigenvalue weighted by Crippen LogP contribution is -2.66. The predicted octanol–water partition coefficient (Wildman–Crippen LogP) is 5.60. The van der Waals surface area contributed by atoms with Crippen LogP contribution in [0.1, 0.15) is 99.8 Å². The number of ether oxygens (including phenoxy) is 1. The molecule has 3 unspecified atom stereocenters. The Balaban J connectivity index is 1.78. The minimum Gasteiger partial charge on any atom is -0.481 e. The highest BCUT2D eigenvalue weighted by atomic mass is 16.5. The molecule has 0 amide bonds. The molecule has 4 saturated carbocycles. The van der Waals surface area contributed by atoms with Gasteiger partial charge in [0, 0.05) is 12.3 Å². The molecular weight excluding hydrogens is 468 g/mol. The number of fused-ring (bicyclic) bond motifs is 5. The van der Waals surface area contributed by atoms with Crippen molar-refractivity contribution in [3.05, 3.63) is 11.6 Å². The Labute approximate surface area is 223 Å². The Morgan fingerprint density at radius 1 is 1.03 bits per heavy atom. The van der Waals surface area contributed by atoms with Crippen LogP contribution >= 0.6 is 0 Å². The second-order valence-corrected chi connectivity index (χ2v) is 14.0. The van der Waals surface area contributed by atoms with E-state index in [1.165, 1.54) is 0 Å². The van der Waals surface area contributed by atoms with Gasteiger partial charge in [0.25, 0.3) is 0 Å². The van der Waals surface area contributed by atoms with Gasteiger partial charge in [-0.05, 0) is 98.7 Å². The summed E-state index contributed by atoms with van der Waals surface area (Å²) >= 11 is 0. The van der Waals surface area contributed by atoms with E-state index in [-0.39, 0.29) is 58.4 Å². The van der Waals surface area contributed by atoms with E-state index in [9.17, 15) is 24.9 Å². The maximum Gasteiger partial charge on any atom is 0.307 e. The number of carboxylic acid groups (broad SMARTS) is 1. The smallest absolute Gasteiger partial charge is 0.307 e. The molecule has 6 nitrogen and oxygen atoms in total. The lowest BCUT2D eigenvalue weighted by atomic mass is 9.36. The van der Waals surface area contributed by atoms with Gasteiger partial charge >= 0.3 is 11.9 Å². The summed E-state index contributed by atoms with van der Waals surface area (Å²) in [6, 6.07) is 0. The minimum atomic E-state index is -0.850. The number of hydrogen-bond acceptors (Lipinski definition) is 5. The Hall–Kier alpha value is -1.40. The quantitative estimate of drug-likeness (QED) is 0.312. The number of aliphatic hydroxyl groups is 2. The summed E-state index contributed by atoms with van der Waals surface area (Å²) in [6.07, 6.45) is 6.14. The summed E-state index contributed by atoms with van der Waals surface area (Å²) in [5.41, 5.74) is 0.519. The lowest BCUT2D eigenvalue weighted by Gasteiger charge is -2.69. The zero-order valence-corrected chi connectivity index (χ0v) is 24.0. The van der Waals surface area contributed by atoms with Gasteiger partial charge in [-0.3, -0.25) is 9.59 Å². The first-order valence-corrected chi connectivity index (χ1v) is 14.6. The van der Waals surface area contributed by atoms with Crippen LogP contribution in [-0.4, -0.2) is 45.6 Å². The van der Waals surface area contributed by atoms with Crippen LogP contribution in [0.25, 0.3) is 0 Å². The third-order valence-corrected chi connectivity index (χ3v) is 12.1. The maximum absolute atomic E-state index is 12.7. The molecule has 0 aliphatic heterocycles. The highest BCUT2D eigenvalue weighted by molar-refractivity contribution is 5.72. The minimum absolute atomic E-state index is 0.0446. The number of aliphatic carboxylic acids is 1. The van der Waals surface area contributed by atoms with Crippen LogP contribution in [0.2, 0.25) is 0 Å². The van der Waals surface area contributed by atoms with E-state index in [1.807, 2.05) is 19.9 Å². The van der Waals surface area contributed by atoms with Crippen LogP contribution in [-0.2, 0) is 14.3 Å². The molecule has 37 heavy (non-hydrogen) atoms. The highest BCUT2D eigenvalue weighted by Crippen LogP contribution is 2.74. The van der Waals surface area contributed by atoms with Gasteiger partial charge in [-0.2, -0.15) is 0 Å². The molecule has 4 fully saturated rings. The monoisotopic (exact) mass is 518 g/mol. The van der Waals surface area contributed by atoms with Crippen molar-refractivity contribution in [2.45, 2.75) is 118 Å². The first kappa shape index (κ1) is 28.6. The van der Waals surface area contributed by atoms with Gasteiger partial charge < -0.3 is 20.1 Å². The van der Waals surface area contributed by atoms with Crippen molar-refractivity contribution < 1.29 is 29.6 Å². The summed E-state index contributed by atoms with van der Waals surface area (Å²) in [4.78, 5) is 25.2. The van der Waals surface area contributed by atoms with Crippen molar-refractivity contribution in [1.29, 1.82) is 0 Å². The summed E-state index contributed by atoms with van der Waals surface area (Å²) in [5.74, 6) is -1.54. The van der Waals surface area contributed by atoms with Crippen LogP contribution in [0.15, 0.2) is 11.6 Å². The fourth-order valence-corrected chi connectivity index (χ4v) is 10.2. The van der Waals surface area contributed by atoms with E-state index in [2.05, 4.69) is 27.7 Å². The third-order valence-electron chi connectivity index (χ3n) is 12.1. The van der Waals surface area contributed by atoms with Crippen LogP contribution in [0.3, 0.4) is 0 Å². The number of carbonyl (C=O) groups is 2. The van der Waals surface area contributed by atoms with Gasteiger partial charge in [-0.25, -0.2) is 0 Å². The van der Waals surface area contributed by atoms with Crippen molar-refractivity contribution in [2.75, 3.05) is 0 Å². The van der Waals surface area contributed by atoms with Gasteiger partial charge in [0.15, 0.2) is 0 Å². The number of carboxylic acids is 1. The third kappa shape index (κ3) is 4.38. The molecule has 210 valence electrons. The molecule has 0 saturated heterocycles. The van der Waals surface area contributed by atoms with E-state index in [1.54, 1.807) is 6.92 Å². The van der Waals surface area contributed by atoms with E-state index >= 15 is 0 Å².